The Morgan fingerprint density at radius 3 is 3.00 bits per heavy atom. The van der Waals surface area contributed by atoms with Gasteiger partial charge in [-0.2, -0.15) is 10.4 Å². The van der Waals surface area contributed by atoms with Gasteiger partial charge in [0.25, 0.3) is 0 Å². The summed E-state index contributed by atoms with van der Waals surface area (Å²) in [5.74, 6) is 0.577. The van der Waals surface area contributed by atoms with Crippen LogP contribution in [-0.4, -0.2) is 9.78 Å². The van der Waals surface area contributed by atoms with E-state index in [1.54, 1.807) is 4.68 Å². The van der Waals surface area contributed by atoms with Crippen molar-refractivity contribution in [1.82, 2.24) is 9.78 Å². The zero-order valence-electron chi connectivity index (χ0n) is 6.33. The molecule has 0 spiro atoms. The highest BCUT2D eigenvalue weighted by atomic mass is 15.3. The second kappa shape index (κ2) is 2.09. The molecule has 1 aliphatic rings. The van der Waals surface area contributed by atoms with E-state index in [9.17, 15) is 0 Å². The summed E-state index contributed by atoms with van der Waals surface area (Å²) in [4.78, 5) is 0. The lowest BCUT2D eigenvalue weighted by Crippen LogP contribution is -1.96. The van der Waals surface area contributed by atoms with Crippen molar-refractivity contribution in [1.29, 1.82) is 5.26 Å². The van der Waals surface area contributed by atoms with Gasteiger partial charge in [0, 0.05) is 13.0 Å². The Kier molecular flexibility index (Phi) is 1.22. The molecule has 2 rings (SSSR count). The minimum atomic E-state index is 0.577. The summed E-state index contributed by atoms with van der Waals surface area (Å²) in [5, 5.41) is 12.6. The molecule has 0 aromatic carbocycles. The third kappa shape index (κ3) is 0.911. The van der Waals surface area contributed by atoms with Crippen LogP contribution in [0.3, 0.4) is 0 Å². The Bertz CT molecular complexity index is 315. The molecule has 1 aromatic rings. The quantitative estimate of drug-likeness (QED) is 0.592. The van der Waals surface area contributed by atoms with E-state index in [0.717, 1.165) is 5.69 Å². The molecule has 1 aliphatic carbocycles. The van der Waals surface area contributed by atoms with Crippen LogP contribution in [0, 0.1) is 17.5 Å². The summed E-state index contributed by atoms with van der Waals surface area (Å²) in [5.41, 5.74) is 1.68. The zero-order valence-corrected chi connectivity index (χ0v) is 6.33. The maximum absolute atomic E-state index is 8.67. The first-order chi connectivity index (χ1) is 5.33. The van der Waals surface area contributed by atoms with Crippen LogP contribution in [0.2, 0.25) is 0 Å². The fourth-order valence-corrected chi connectivity index (χ4v) is 1.31. The predicted octanol–water partition coefficient (Wildman–Crippen LogP) is 0.969. The molecule has 55 valence electrons. The van der Waals surface area contributed by atoms with Crippen molar-refractivity contribution >= 4 is 0 Å². The zero-order chi connectivity index (χ0) is 7.84. The van der Waals surface area contributed by atoms with Gasteiger partial charge in [-0.3, -0.25) is 4.68 Å². The molecule has 11 heavy (non-hydrogen) atoms. The lowest BCUT2D eigenvalue weighted by Gasteiger charge is -1.96. The van der Waals surface area contributed by atoms with Crippen molar-refractivity contribution in [3.8, 4) is 6.07 Å². The molecular weight excluding hydrogens is 138 g/mol. The van der Waals surface area contributed by atoms with E-state index in [0.29, 0.717) is 11.5 Å². The van der Waals surface area contributed by atoms with Crippen molar-refractivity contribution in [2.24, 2.45) is 7.05 Å². The molecule has 0 unspecified atom stereocenters. The highest BCUT2D eigenvalue weighted by Crippen LogP contribution is 2.40. The number of rotatable bonds is 1. The van der Waals surface area contributed by atoms with Crippen LogP contribution in [0.4, 0.5) is 0 Å². The Morgan fingerprint density at radius 2 is 2.45 bits per heavy atom. The molecule has 0 saturated heterocycles. The Balaban J connectivity index is 2.48. The van der Waals surface area contributed by atoms with Crippen molar-refractivity contribution < 1.29 is 0 Å². The molecule has 1 saturated carbocycles. The molecule has 0 amide bonds. The van der Waals surface area contributed by atoms with Crippen LogP contribution in [0.25, 0.3) is 0 Å². The van der Waals surface area contributed by atoms with Crippen LogP contribution in [0.1, 0.15) is 30.0 Å². The van der Waals surface area contributed by atoms with Crippen molar-refractivity contribution in [3.63, 3.8) is 0 Å². The van der Waals surface area contributed by atoms with Gasteiger partial charge in [0.1, 0.15) is 17.8 Å². The van der Waals surface area contributed by atoms with Crippen molar-refractivity contribution in [2.75, 3.05) is 0 Å². The van der Waals surface area contributed by atoms with E-state index in [4.69, 9.17) is 5.26 Å². The maximum atomic E-state index is 8.67. The van der Waals surface area contributed by atoms with E-state index in [1.165, 1.54) is 12.8 Å². The normalized spacial score (nSPS) is 16.4. The number of aryl methyl sites for hydroxylation is 1. The molecule has 0 N–H and O–H groups in total. The van der Waals surface area contributed by atoms with Crippen LogP contribution in [0.5, 0.6) is 0 Å². The predicted molar refractivity (Wildman–Crippen MR) is 38.7 cm³/mol. The lowest BCUT2D eigenvalue weighted by atomic mass is 10.2. The van der Waals surface area contributed by atoms with Crippen molar-refractivity contribution in [3.05, 3.63) is 17.5 Å². The van der Waals surface area contributed by atoms with Crippen LogP contribution >= 0.6 is 0 Å². The van der Waals surface area contributed by atoms with Crippen molar-refractivity contribution in [2.45, 2.75) is 18.8 Å². The van der Waals surface area contributed by atoms with Gasteiger partial charge in [-0.15, -0.1) is 0 Å². The maximum Gasteiger partial charge on any atom is 0.132 e. The summed E-state index contributed by atoms with van der Waals surface area (Å²) in [6.07, 6.45) is 5.09. The van der Waals surface area contributed by atoms with Gasteiger partial charge in [0.05, 0.1) is 5.69 Å². The third-order valence-electron chi connectivity index (χ3n) is 1.99. The van der Waals surface area contributed by atoms with E-state index < -0.39 is 0 Å². The second-order valence-corrected chi connectivity index (χ2v) is 2.88. The topological polar surface area (TPSA) is 41.6 Å². The fourth-order valence-electron chi connectivity index (χ4n) is 1.31. The number of hydrogen-bond acceptors (Lipinski definition) is 2. The number of hydrogen-bond donors (Lipinski definition) is 0. The minimum absolute atomic E-state index is 0.577. The van der Waals surface area contributed by atoms with Gasteiger partial charge in [0.2, 0.25) is 0 Å². The number of nitrogens with zero attached hydrogens (tertiary/aromatic N) is 3. The van der Waals surface area contributed by atoms with Crippen LogP contribution in [0.15, 0.2) is 0 Å². The summed E-state index contributed by atoms with van der Waals surface area (Å²) in [6, 6.07) is 2.10. The second-order valence-electron chi connectivity index (χ2n) is 2.88. The monoisotopic (exact) mass is 146 g/mol. The van der Waals surface area contributed by atoms with Gasteiger partial charge in [-0.1, -0.05) is 0 Å². The lowest BCUT2D eigenvalue weighted by molar-refractivity contribution is 0.711. The van der Waals surface area contributed by atoms with Gasteiger partial charge in [-0.05, 0) is 12.8 Å². The summed E-state index contributed by atoms with van der Waals surface area (Å²) >= 11 is 0. The Labute approximate surface area is 65.3 Å². The summed E-state index contributed by atoms with van der Waals surface area (Å²) in [7, 11) is 1.87. The van der Waals surface area contributed by atoms with E-state index in [2.05, 4.69) is 17.4 Å². The van der Waals surface area contributed by atoms with Crippen LogP contribution in [-0.2, 0) is 7.05 Å². The third-order valence-corrected chi connectivity index (χ3v) is 1.99. The fraction of sp³-hybridized carbons (Fsp3) is 0.500. The Morgan fingerprint density at radius 1 is 1.73 bits per heavy atom. The first-order valence-electron chi connectivity index (χ1n) is 3.67. The summed E-state index contributed by atoms with van der Waals surface area (Å²) in [6.45, 7) is 0. The molecular formula is C8H8N3. The minimum Gasteiger partial charge on any atom is -0.270 e. The molecule has 3 heteroatoms. The van der Waals surface area contributed by atoms with E-state index >= 15 is 0 Å². The SMILES string of the molecule is Cn1n[c]c(C#N)c1C1CC1. The van der Waals surface area contributed by atoms with Gasteiger partial charge < -0.3 is 0 Å². The largest absolute Gasteiger partial charge is 0.270 e. The first kappa shape index (κ1) is 6.41. The molecule has 3 nitrogen and oxygen atoms in total. The van der Waals surface area contributed by atoms with E-state index in [-0.39, 0.29) is 0 Å². The Hall–Kier alpha value is -1.30. The highest BCUT2D eigenvalue weighted by Gasteiger charge is 2.29. The van der Waals surface area contributed by atoms with Crippen LogP contribution < -0.4 is 0 Å². The van der Waals surface area contributed by atoms with E-state index in [1.807, 2.05) is 7.05 Å². The smallest absolute Gasteiger partial charge is 0.132 e. The van der Waals surface area contributed by atoms with Gasteiger partial charge >= 0.3 is 0 Å². The summed E-state index contributed by atoms with van der Waals surface area (Å²) < 4.78 is 1.76. The van der Waals surface area contributed by atoms with Gasteiger partial charge in [-0.25, -0.2) is 0 Å². The average molecular weight is 146 g/mol. The highest BCUT2D eigenvalue weighted by molar-refractivity contribution is 5.34. The molecule has 0 aliphatic heterocycles. The standard InChI is InChI=1S/C8H8N3/c1-11-8(6-2-3-6)7(4-9)5-10-11/h6H,2-3H2,1H3. The molecule has 1 fully saturated rings. The molecule has 1 aromatic heterocycles. The molecule has 0 bridgehead atoms. The molecule has 0 atom stereocenters. The van der Waals surface area contributed by atoms with Gasteiger partial charge in [0.15, 0.2) is 0 Å². The number of nitriles is 1. The molecule has 1 radical (unpaired) electrons. The number of aromatic nitrogens is 2. The first-order valence-corrected chi connectivity index (χ1v) is 3.67. The average Bonchev–Trinajstić information content (AvgIpc) is 2.76. The molecule has 1 heterocycles.